The van der Waals surface area contributed by atoms with Gasteiger partial charge in [0.15, 0.2) is 11.6 Å². The molecule has 0 saturated carbocycles. The molecule has 24 heavy (non-hydrogen) atoms. The standard InChI is InChI=1S/C16H18F2N2O3S/c1-10(11-4-6-13(17)14(18)8-11)19-12-5-7-16(23-2)15(9-12)20-24(3,21)22/h4-10,19-20H,1-3H3. The van der Waals surface area contributed by atoms with Crippen molar-refractivity contribution in [2.75, 3.05) is 23.4 Å². The Morgan fingerprint density at radius 1 is 1.08 bits per heavy atom. The van der Waals surface area contributed by atoms with Crippen molar-refractivity contribution in [2.24, 2.45) is 0 Å². The molecular formula is C16H18F2N2O3S. The monoisotopic (exact) mass is 356 g/mol. The number of anilines is 2. The summed E-state index contributed by atoms with van der Waals surface area (Å²) in [6, 6.07) is 8.21. The zero-order chi connectivity index (χ0) is 17.9. The summed E-state index contributed by atoms with van der Waals surface area (Å²) in [4.78, 5) is 0. The van der Waals surface area contributed by atoms with E-state index in [0.29, 0.717) is 17.0 Å². The van der Waals surface area contributed by atoms with E-state index >= 15 is 0 Å². The van der Waals surface area contributed by atoms with Gasteiger partial charge in [-0.2, -0.15) is 0 Å². The molecule has 0 radical (unpaired) electrons. The summed E-state index contributed by atoms with van der Waals surface area (Å²) in [5.41, 5.74) is 1.43. The van der Waals surface area contributed by atoms with Gasteiger partial charge in [0.05, 0.1) is 19.1 Å². The molecule has 2 aromatic rings. The number of benzene rings is 2. The van der Waals surface area contributed by atoms with Crippen LogP contribution in [0.3, 0.4) is 0 Å². The SMILES string of the molecule is COc1ccc(NC(C)c2ccc(F)c(F)c2)cc1NS(C)(=O)=O. The molecule has 0 bridgehead atoms. The first-order valence-electron chi connectivity index (χ1n) is 7.07. The molecule has 5 nitrogen and oxygen atoms in total. The van der Waals surface area contributed by atoms with Gasteiger partial charge in [-0.15, -0.1) is 0 Å². The molecule has 0 aliphatic rings. The largest absolute Gasteiger partial charge is 0.495 e. The first-order valence-corrected chi connectivity index (χ1v) is 8.96. The molecule has 0 saturated heterocycles. The zero-order valence-electron chi connectivity index (χ0n) is 13.4. The van der Waals surface area contributed by atoms with Crippen molar-refractivity contribution in [3.8, 4) is 5.75 Å². The third-order valence-electron chi connectivity index (χ3n) is 3.32. The highest BCUT2D eigenvalue weighted by Crippen LogP contribution is 2.30. The number of nitrogens with one attached hydrogen (secondary N) is 2. The number of halogens is 2. The van der Waals surface area contributed by atoms with E-state index in [1.165, 1.54) is 13.2 Å². The maximum absolute atomic E-state index is 13.3. The summed E-state index contributed by atoms with van der Waals surface area (Å²) in [5.74, 6) is -1.46. The van der Waals surface area contributed by atoms with Crippen LogP contribution in [0, 0.1) is 11.6 Å². The van der Waals surface area contributed by atoms with E-state index < -0.39 is 21.7 Å². The second kappa shape index (κ2) is 7.04. The Balaban J connectivity index is 2.25. The van der Waals surface area contributed by atoms with Gasteiger partial charge >= 0.3 is 0 Å². The lowest BCUT2D eigenvalue weighted by Crippen LogP contribution is -2.12. The molecule has 2 aromatic carbocycles. The normalized spacial score (nSPS) is 12.5. The Morgan fingerprint density at radius 2 is 1.79 bits per heavy atom. The molecule has 2 rings (SSSR count). The van der Waals surface area contributed by atoms with Gasteiger partial charge < -0.3 is 10.1 Å². The van der Waals surface area contributed by atoms with Crippen LogP contribution in [0.5, 0.6) is 5.75 Å². The number of methoxy groups -OCH3 is 1. The molecule has 0 heterocycles. The Kier molecular flexibility index (Phi) is 5.28. The molecule has 0 aliphatic carbocycles. The molecule has 1 unspecified atom stereocenters. The fraction of sp³-hybridized carbons (Fsp3) is 0.250. The molecule has 0 aliphatic heterocycles. The van der Waals surface area contributed by atoms with Crippen LogP contribution < -0.4 is 14.8 Å². The summed E-state index contributed by atoms with van der Waals surface area (Å²) in [6.07, 6.45) is 1.04. The van der Waals surface area contributed by atoms with Gasteiger partial charge in [-0.25, -0.2) is 17.2 Å². The second-order valence-corrected chi connectivity index (χ2v) is 7.08. The van der Waals surface area contributed by atoms with E-state index in [1.54, 1.807) is 25.1 Å². The number of sulfonamides is 1. The first kappa shape index (κ1) is 18.0. The average Bonchev–Trinajstić information content (AvgIpc) is 2.48. The molecule has 0 amide bonds. The van der Waals surface area contributed by atoms with Gasteiger partial charge in [0.2, 0.25) is 10.0 Å². The van der Waals surface area contributed by atoms with E-state index in [-0.39, 0.29) is 11.7 Å². The fourth-order valence-corrected chi connectivity index (χ4v) is 2.75. The minimum absolute atomic E-state index is 0.280. The smallest absolute Gasteiger partial charge is 0.229 e. The van der Waals surface area contributed by atoms with Crippen molar-refractivity contribution < 1.29 is 21.9 Å². The summed E-state index contributed by atoms with van der Waals surface area (Å²) >= 11 is 0. The van der Waals surface area contributed by atoms with Crippen LogP contribution in [0.2, 0.25) is 0 Å². The minimum atomic E-state index is -3.47. The number of rotatable bonds is 6. The number of ether oxygens (including phenoxy) is 1. The second-order valence-electron chi connectivity index (χ2n) is 5.33. The number of hydrogen-bond acceptors (Lipinski definition) is 4. The topological polar surface area (TPSA) is 67.4 Å². The summed E-state index contributed by atoms with van der Waals surface area (Å²) in [6.45, 7) is 1.78. The molecule has 0 spiro atoms. The molecule has 0 fully saturated rings. The first-order chi connectivity index (χ1) is 11.2. The molecular weight excluding hydrogens is 338 g/mol. The van der Waals surface area contributed by atoms with E-state index in [4.69, 9.17) is 4.74 Å². The maximum atomic E-state index is 13.3. The van der Waals surface area contributed by atoms with Crippen LogP contribution in [-0.4, -0.2) is 21.8 Å². The van der Waals surface area contributed by atoms with Crippen molar-refractivity contribution in [1.29, 1.82) is 0 Å². The van der Waals surface area contributed by atoms with Gasteiger partial charge in [0.25, 0.3) is 0 Å². The van der Waals surface area contributed by atoms with Crippen molar-refractivity contribution >= 4 is 21.4 Å². The highest BCUT2D eigenvalue weighted by molar-refractivity contribution is 7.92. The van der Waals surface area contributed by atoms with E-state index in [9.17, 15) is 17.2 Å². The van der Waals surface area contributed by atoms with Gasteiger partial charge in [-0.05, 0) is 42.8 Å². The summed E-state index contributed by atoms with van der Waals surface area (Å²) in [7, 11) is -2.04. The third kappa shape index (κ3) is 4.58. The van der Waals surface area contributed by atoms with Gasteiger partial charge in [-0.3, -0.25) is 4.72 Å². The quantitative estimate of drug-likeness (QED) is 0.831. The molecule has 1 atom stereocenters. The summed E-state index contributed by atoms with van der Waals surface area (Å²) in [5, 5.41) is 3.10. The van der Waals surface area contributed by atoms with Crippen molar-refractivity contribution in [2.45, 2.75) is 13.0 Å². The van der Waals surface area contributed by atoms with Crippen LogP contribution in [0.1, 0.15) is 18.5 Å². The zero-order valence-corrected chi connectivity index (χ0v) is 14.2. The average molecular weight is 356 g/mol. The van der Waals surface area contributed by atoms with Crippen LogP contribution in [0.15, 0.2) is 36.4 Å². The predicted octanol–water partition coefficient (Wildman–Crippen LogP) is 3.52. The summed E-state index contributed by atoms with van der Waals surface area (Å²) < 4.78 is 56.7. The van der Waals surface area contributed by atoms with Crippen LogP contribution in [-0.2, 0) is 10.0 Å². The highest BCUT2D eigenvalue weighted by Gasteiger charge is 2.12. The highest BCUT2D eigenvalue weighted by atomic mass is 32.2. The maximum Gasteiger partial charge on any atom is 0.229 e. The van der Waals surface area contributed by atoms with Crippen molar-refractivity contribution in [1.82, 2.24) is 0 Å². The van der Waals surface area contributed by atoms with E-state index in [0.717, 1.165) is 18.4 Å². The lowest BCUT2D eigenvalue weighted by molar-refractivity contribution is 0.417. The Labute approximate surface area is 139 Å². The van der Waals surface area contributed by atoms with Crippen LogP contribution >= 0.6 is 0 Å². The minimum Gasteiger partial charge on any atom is -0.495 e. The molecule has 0 aromatic heterocycles. The van der Waals surface area contributed by atoms with Crippen LogP contribution in [0.25, 0.3) is 0 Å². The lowest BCUT2D eigenvalue weighted by atomic mass is 10.1. The molecule has 8 heteroatoms. The van der Waals surface area contributed by atoms with Gasteiger partial charge in [0, 0.05) is 11.7 Å². The number of hydrogen-bond donors (Lipinski definition) is 2. The van der Waals surface area contributed by atoms with Gasteiger partial charge in [-0.1, -0.05) is 6.07 Å². The Bertz CT molecular complexity index is 841. The van der Waals surface area contributed by atoms with E-state index in [2.05, 4.69) is 10.0 Å². The van der Waals surface area contributed by atoms with Gasteiger partial charge in [0.1, 0.15) is 5.75 Å². The lowest BCUT2D eigenvalue weighted by Gasteiger charge is -2.18. The Morgan fingerprint density at radius 3 is 2.38 bits per heavy atom. The molecule has 130 valence electrons. The Hall–Kier alpha value is -2.35. The van der Waals surface area contributed by atoms with Crippen molar-refractivity contribution in [3.63, 3.8) is 0 Å². The fourth-order valence-electron chi connectivity index (χ4n) is 2.19. The predicted molar refractivity (Wildman–Crippen MR) is 89.9 cm³/mol. The van der Waals surface area contributed by atoms with Crippen LogP contribution in [0.4, 0.5) is 20.2 Å². The van der Waals surface area contributed by atoms with Crippen molar-refractivity contribution in [3.05, 3.63) is 53.6 Å². The third-order valence-corrected chi connectivity index (χ3v) is 3.91. The molecule has 2 N–H and O–H groups in total. The van der Waals surface area contributed by atoms with E-state index in [1.807, 2.05) is 0 Å².